The number of fused-ring (bicyclic) bond motifs is 1. The quantitative estimate of drug-likeness (QED) is 0.810. The highest BCUT2D eigenvalue weighted by molar-refractivity contribution is 5.75. The zero-order valence-electron chi connectivity index (χ0n) is 9.06. The van der Waals surface area contributed by atoms with Crippen LogP contribution in [-0.2, 0) is 6.42 Å². The minimum Gasteiger partial charge on any atom is -0.493 e. The second kappa shape index (κ2) is 3.56. The molecule has 2 heterocycles. The molecule has 2 N–H and O–H groups in total. The molecule has 0 fully saturated rings. The molecule has 4 heteroatoms. The molecule has 1 aromatic heterocycles. The van der Waals surface area contributed by atoms with Crippen molar-refractivity contribution >= 4 is 5.88 Å². The maximum Gasteiger partial charge on any atom is 0.208 e. The number of hydrogen-bond donors (Lipinski definition) is 1. The molecule has 0 atom stereocenters. The summed E-state index contributed by atoms with van der Waals surface area (Å²) in [7, 11) is 0. The van der Waals surface area contributed by atoms with Crippen LogP contribution in [0, 0.1) is 11.3 Å². The van der Waals surface area contributed by atoms with E-state index in [4.69, 9.17) is 20.1 Å². The molecule has 1 aliphatic rings. The standard InChI is InChI=1S/C13H10N2O2/c14-6-10-11(7-17-13(10)15)8-1-2-12-9(5-8)3-4-16-12/h1-2,5,7H,3-4,15H2. The van der Waals surface area contributed by atoms with Crippen molar-refractivity contribution in [2.75, 3.05) is 12.3 Å². The first-order valence-corrected chi connectivity index (χ1v) is 5.33. The first-order valence-electron chi connectivity index (χ1n) is 5.33. The smallest absolute Gasteiger partial charge is 0.208 e. The van der Waals surface area contributed by atoms with E-state index in [1.807, 2.05) is 18.2 Å². The molecule has 0 bridgehead atoms. The number of rotatable bonds is 1. The molecule has 0 radical (unpaired) electrons. The van der Waals surface area contributed by atoms with Gasteiger partial charge in [-0.1, -0.05) is 6.07 Å². The van der Waals surface area contributed by atoms with Crippen LogP contribution in [0.15, 0.2) is 28.9 Å². The van der Waals surface area contributed by atoms with Gasteiger partial charge in [0.25, 0.3) is 0 Å². The molecule has 2 aromatic rings. The third-order valence-electron chi connectivity index (χ3n) is 2.93. The molecule has 0 saturated carbocycles. The van der Waals surface area contributed by atoms with E-state index in [9.17, 15) is 0 Å². The van der Waals surface area contributed by atoms with Crippen LogP contribution in [0.1, 0.15) is 11.1 Å². The maximum atomic E-state index is 9.03. The van der Waals surface area contributed by atoms with Crippen LogP contribution in [0.2, 0.25) is 0 Å². The van der Waals surface area contributed by atoms with Gasteiger partial charge in [-0.15, -0.1) is 0 Å². The summed E-state index contributed by atoms with van der Waals surface area (Å²) < 4.78 is 10.5. The van der Waals surface area contributed by atoms with E-state index in [1.165, 1.54) is 6.26 Å². The summed E-state index contributed by atoms with van der Waals surface area (Å²) in [6, 6.07) is 7.91. The van der Waals surface area contributed by atoms with E-state index in [0.29, 0.717) is 5.56 Å². The Bertz CT molecular complexity index is 623. The molecule has 0 aliphatic carbocycles. The number of nitrogen functional groups attached to an aromatic ring is 1. The van der Waals surface area contributed by atoms with Crippen LogP contribution < -0.4 is 10.5 Å². The van der Waals surface area contributed by atoms with E-state index in [0.717, 1.165) is 35.5 Å². The Labute approximate surface area is 98.2 Å². The van der Waals surface area contributed by atoms with Gasteiger partial charge in [-0.25, -0.2) is 0 Å². The minimum atomic E-state index is 0.166. The van der Waals surface area contributed by atoms with Gasteiger partial charge in [-0.2, -0.15) is 5.26 Å². The average molecular weight is 226 g/mol. The summed E-state index contributed by atoms with van der Waals surface area (Å²) in [5.41, 5.74) is 8.81. The fourth-order valence-electron chi connectivity index (χ4n) is 2.05. The Morgan fingerprint density at radius 1 is 1.35 bits per heavy atom. The lowest BCUT2D eigenvalue weighted by molar-refractivity contribution is 0.357. The highest BCUT2D eigenvalue weighted by Crippen LogP contribution is 2.34. The predicted octanol–water partition coefficient (Wildman–Crippen LogP) is 2.34. The molecular formula is C13H10N2O2. The first kappa shape index (κ1) is 9.79. The van der Waals surface area contributed by atoms with Gasteiger partial charge >= 0.3 is 0 Å². The van der Waals surface area contributed by atoms with Crippen LogP contribution in [-0.4, -0.2) is 6.61 Å². The third-order valence-corrected chi connectivity index (χ3v) is 2.93. The van der Waals surface area contributed by atoms with E-state index in [2.05, 4.69) is 6.07 Å². The largest absolute Gasteiger partial charge is 0.493 e. The number of nitrogens with two attached hydrogens (primary N) is 1. The first-order chi connectivity index (χ1) is 8.29. The molecule has 0 unspecified atom stereocenters. The van der Waals surface area contributed by atoms with Crippen molar-refractivity contribution in [3.63, 3.8) is 0 Å². The number of nitriles is 1. The van der Waals surface area contributed by atoms with Crippen LogP contribution in [0.25, 0.3) is 11.1 Å². The Kier molecular flexibility index (Phi) is 2.05. The third kappa shape index (κ3) is 1.44. The molecule has 1 aromatic carbocycles. The van der Waals surface area contributed by atoms with E-state index < -0.39 is 0 Å². The lowest BCUT2D eigenvalue weighted by atomic mass is 10.0. The summed E-state index contributed by atoms with van der Waals surface area (Å²) in [5, 5.41) is 9.03. The second-order valence-corrected chi connectivity index (χ2v) is 3.92. The molecule has 17 heavy (non-hydrogen) atoms. The Hall–Kier alpha value is -2.41. The van der Waals surface area contributed by atoms with E-state index in [-0.39, 0.29) is 5.88 Å². The lowest BCUT2D eigenvalue weighted by Gasteiger charge is -2.02. The number of benzene rings is 1. The average Bonchev–Trinajstić information content (AvgIpc) is 2.93. The number of furan rings is 1. The van der Waals surface area contributed by atoms with Crippen LogP contribution >= 0.6 is 0 Å². The number of ether oxygens (including phenoxy) is 1. The van der Waals surface area contributed by atoms with Crippen molar-refractivity contribution < 1.29 is 9.15 Å². The highest BCUT2D eigenvalue weighted by atomic mass is 16.5. The normalized spacial score (nSPS) is 12.9. The van der Waals surface area contributed by atoms with Crippen molar-refractivity contribution in [2.24, 2.45) is 0 Å². The highest BCUT2D eigenvalue weighted by Gasteiger charge is 2.16. The van der Waals surface area contributed by atoms with Gasteiger partial charge in [0.2, 0.25) is 5.88 Å². The molecule has 0 spiro atoms. The molecule has 3 rings (SSSR count). The predicted molar refractivity (Wildman–Crippen MR) is 62.5 cm³/mol. The van der Waals surface area contributed by atoms with Crippen LogP contribution in [0.5, 0.6) is 5.75 Å². The van der Waals surface area contributed by atoms with Gasteiger partial charge in [-0.05, 0) is 23.3 Å². The molecular weight excluding hydrogens is 216 g/mol. The molecule has 0 amide bonds. The van der Waals surface area contributed by atoms with Crippen molar-refractivity contribution in [1.29, 1.82) is 5.26 Å². The van der Waals surface area contributed by atoms with Crippen molar-refractivity contribution in [3.05, 3.63) is 35.6 Å². The second-order valence-electron chi connectivity index (χ2n) is 3.92. The fourth-order valence-corrected chi connectivity index (χ4v) is 2.05. The van der Waals surface area contributed by atoms with Gasteiger partial charge in [0.05, 0.1) is 6.61 Å². The topological polar surface area (TPSA) is 72.2 Å². The number of nitrogens with zero attached hydrogens (tertiary/aromatic N) is 1. The minimum absolute atomic E-state index is 0.166. The molecule has 1 aliphatic heterocycles. The van der Waals surface area contributed by atoms with Gasteiger partial charge in [-0.3, -0.25) is 0 Å². The van der Waals surface area contributed by atoms with E-state index in [1.54, 1.807) is 0 Å². The Morgan fingerprint density at radius 2 is 2.24 bits per heavy atom. The van der Waals surface area contributed by atoms with Gasteiger partial charge in [0.15, 0.2) is 0 Å². The monoisotopic (exact) mass is 226 g/mol. The van der Waals surface area contributed by atoms with Crippen molar-refractivity contribution in [3.8, 4) is 22.9 Å². The summed E-state index contributed by atoms with van der Waals surface area (Å²) in [4.78, 5) is 0. The Morgan fingerprint density at radius 3 is 3.06 bits per heavy atom. The zero-order chi connectivity index (χ0) is 11.8. The molecule has 0 saturated heterocycles. The molecule has 4 nitrogen and oxygen atoms in total. The van der Waals surface area contributed by atoms with E-state index >= 15 is 0 Å². The zero-order valence-corrected chi connectivity index (χ0v) is 9.06. The fraction of sp³-hybridized carbons (Fsp3) is 0.154. The van der Waals surface area contributed by atoms with Gasteiger partial charge < -0.3 is 14.9 Å². The van der Waals surface area contributed by atoms with Crippen molar-refractivity contribution in [2.45, 2.75) is 6.42 Å². The van der Waals surface area contributed by atoms with Crippen molar-refractivity contribution in [1.82, 2.24) is 0 Å². The summed E-state index contributed by atoms with van der Waals surface area (Å²) >= 11 is 0. The summed E-state index contributed by atoms with van der Waals surface area (Å²) in [5.74, 6) is 1.09. The van der Waals surface area contributed by atoms with Crippen LogP contribution in [0.3, 0.4) is 0 Å². The Balaban J connectivity index is 2.13. The maximum absolute atomic E-state index is 9.03. The van der Waals surface area contributed by atoms with Crippen LogP contribution in [0.4, 0.5) is 5.88 Å². The SMILES string of the molecule is N#Cc1c(-c2ccc3c(c2)CCO3)coc1N. The summed E-state index contributed by atoms with van der Waals surface area (Å²) in [6.45, 7) is 0.720. The summed E-state index contributed by atoms with van der Waals surface area (Å²) in [6.07, 6.45) is 2.42. The van der Waals surface area contributed by atoms with Gasteiger partial charge in [0, 0.05) is 12.0 Å². The number of anilines is 1. The number of hydrogen-bond acceptors (Lipinski definition) is 4. The molecule has 84 valence electrons. The lowest BCUT2D eigenvalue weighted by Crippen LogP contribution is -1.87. The van der Waals surface area contributed by atoms with Gasteiger partial charge in [0.1, 0.15) is 23.6 Å².